The van der Waals surface area contributed by atoms with Gasteiger partial charge >= 0.3 is 0 Å². The number of fused-ring (bicyclic) bond motifs is 1. The Bertz CT molecular complexity index is 478. The molecule has 0 unspecified atom stereocenters. The zero-order valence-corrected chi connectivity index (χ0v) is 7.23. The van der Waals surface area contributed by atoms with Crippen LogP contribution in [0.1, 0.15) is 10.5 Å². The molecule has 1 N–H and O–H groups in total. The Morgan fingerprint density at radius 2 is 2.23 bits per heavy atom. The van der Waals surface area contributed by atoms with Crippen molar-refractivity contribution in [3.05, 3.63) is 34.7 Å². The van der Waals surface area contributed by atoms with E-state index >= 15 is 0 Å². The van der Waals surface area contributed by atoms with Gasteiger partial charge in [-0.05, 0) is 6.07 Å². The third-order valence-corrected chi connectivity index (χ3v) is 2.27. The molecule has 2 rings (SSSR count). The molecule has 0 fully saturated rings. The average Bonchev–Trinajstić information content (AvgIpc) is 2.45. The van der Waals surface area contributed by atoms with E-state index in [2.05, 4.69) is 4.98 Å². The van der Waals surface area contributed by atoms with Gasteiger partial charge in [0.1, 0.15) is 5.82 Å². The summed E-state index contributed by atoms with van der Waals surface area (Å²) >= 11 is 5.80. The normalized spacial score (nSPS) is 10.6. The first-order valence-corrected chi connectivity index (χ1v) is 4.02. The summed E-state index contributed by atoms with van der Waals surface area (Å²) in [5, 5.41) is 0.799. The van der Waals surface area contributed by atoms with E-state index in [9.17, 15) is 9.18 Å². The Balaban J connectivity index is 2.91. The van der Waals surface area contributed by atoms with Crippen molar-refractivity contribution in [2.75, 3.05) is 0 Å². The van der Waals surface area contributed by atoms with E-state index in [4.69, 9.17) is 11.6 Å². The molecule has 0 saturated heterocycles. The smallest absolute Gasteiger partial charge is 0.167 e. The highest BCUT2D eigenvalue weighted by Gasteiger charge is 2.10. The van der Waals surface area contributed by atoms with Gasteiger partial charge < -0.3 is 4.98 Å². The van der Waals surface area contributed by atoms with Gasteiger partial charge in [0.25, 0.3) is 0 Å². The molecule has 0 atom stereocenters. The highest BCUT2D eigenvalue weighted by molar-refractivity contribution is 6.37. The Labute approximate surface area is 78.3 Å². The van der Waals surface area contributed by atoms with Crippen molar-refractivity contribution in [2.45, 2.75) is 0 Å². The quantitative estimate of drug-likeness (QED) is 0.701. The van der Waals surface area contributed by atoms with Crippen LogP contribution in [-0.2, 0) is 0 Å². The fourth-order valence-corrected chi connectivity index (χ4v) is 1.50. The summed E-state index contributed by atoms with van der Waals surface area (Å²) in [6.07, 6.45) is 0.571. The highest BCUT2D eigenvalue weighted by Crippen LogP contribution is 2.27. The largest absolute Gasteiger partial charge is 0.349 e. The molecule has 2 nitrogen and oxygen atoms in total. The predicted molar refractivity (Wildman–Crippen MR) is 48.7 cm³/mol. The van der Waals surface area contributed by atoms with Gasteiger partial charge in [-0.1, -0.05) is 23.7 Å². The fraction of sp³-hybridized carbons (Fsp3) is 0. The van der Waals surface area contributed by atoms with Crippen LogP contribution >= 0.6 is 11.6 Å². The monoisotopic (exact) mass is 197 g/mol. The Morgan fingerprint density at radius 1 is 1.46 bits per heavy atom. The fourth-order valence-electron chi connectivity index (χ4n) is 1.25. The van der Waals surface area contributed by atoms with E-state index in [0.29, 0.717) is 11.7 Å². The van der Waals surface area contributed by atoms with Crippen LogP contribution in [0.25, 0.3) is 10.9 Å². The lowest BCUT2D eigenvalue weighted by atomic mass is 10.2. The first-order chi connectivity index (χ1) is 6.24. The van der Waals surface area contributed by atoms with Crippen molar-refractivity contribution in [1.82, 2.24) is 4.98 Å². The van der Waals surface area contributed by atoms with Gasteiger partial charge in [0.05, 0.1) is 16.2 Å². The van der Waals surface area contributed by atoms with Crippen LogP contribution in [0.5, 0.6) is 0 Å². The second-order valence-electron chi connectivity index (χ2n) is 2.63. The molecule has 0 saturated carbocycles. The SMILES string of the molecule is O=Cc1[nH]c2c(F)cccc2c1Cl. The minimum atomic E-state index is -0.410. The van der Waals surface area contributed by atoms with Crippen molar-refractivity contribution in [3.63, 3.8) is 0 Å². The van der Waals surface area contributed by atoms with Crippen LogP contribution in [0.3, 0.4) is 0 Å². The van der Waals surface area contributed by atoms with Gasteiger partial charge in [0, 0.05) is 5.39 Å². The molecule has 0 radical (unpaired) electrons. The average molecular weight is 198 g/mol. The van der Waals surface area contributed by atoms with E-state index in [-0.39, 0.29) is 16.2 Å². The summed E-state index contributed by atoms with van der Waals surface area (Å²) in [4.78, 5) is 13.1. The van der Waals surface area contributed by atoms with E-state index in [1.165, 1.54) is 6.07 Å². The van der Waals surface area contributed by atoms with Gasteiger partial charge in [-0.15, -0.1) is 0 Å². The number of para-hydroxylation sites is 1. The van der Waals surface area contributed by atoms with Crippen LogP contribution < -0.4 is 0 Å². The second-order valence-corrected chi connectivity index (χ2v) is 3.01. The number of H-pyrrole nitrogens is 1. The zero-order chi connectivity index (χ0) is 9.42. The zero-order valence-electron chi connectivity index (χ0n) is 6.47. The van der Waals surface area contributed by atoms with Crippen LogP contribution in [0.4, 0.5) is 4.39 Å². The molecule has 0 bridgehead atoms. The van der Waals surface area contributed by atoms with Crippen LogP contribution in [0.2, 0.25) is 5.02 Å². The molecule has 0 aliphatic heterocycles. The number of carbonyl (C=O) groups excluding carboxylic acids is 1. The Kier molecular flexibility index (Phi) is 1.81. The molecule has 66 valence electrons. The van der Waals surface area contributed by atoms with Crippen LogP contribution in [0, 0.1) is 5.82 Å². The summed E-state index contributed by atoms with van der Waals surface area (Å²) < 4.78 is 13.1. The summed E-state index contributed by atoms with van der Waals surface area (Å²) in [7, 11) is 0. The lowest BCUT2D eigenvalue weighted by Gasteiger charge is -1.89. The van der Waals surface area contributed by atoms with E-state index in [0.717, 1.165) is 0 Å². The lowest BCUT2D eigenvalue weighted by Crippen LogP contribution is -1.78. The van der Waals surface area contributed by atoms with Gasteiger partial charge in [-0.3, -0.25) is 4.79 Å². The molecule has 0 aliphatic carbocycles. The number of nitrogens with one attached hydrogen (secondary N) is 1. The molecule has 0 aliphatic rings. The van der Waals surface area contributed by atoms with Crippen molar-refractivity contribution >= 4 is 28.8 Å². The molecular weight excluding hydrogens is 193 g/mol. The minimum Gasteiger partial charge on any atom is -0.349 e. The molecular formula is C9H5ClFNO. The van der Waals surface area contributed by atoms with E-state index in [1.807, 2.05) is 0 Å². The number of aromatic amines is 1. The maximum absolute atomic E-state index is 13.1. The van der Waals surface area contributed by atoms with Crippen molar-refractivity contribution < 1.29 is 9.18 Å². The van der Waals surface area contributed by atoms with Crippen molar-refractivity contribution in [1.29, 1.82) is 0 Å². The third kappa shape index (κ3) is 1.12. The van der Waals surface area contributed by atoms with Crippen molar-refractivity contribution in [3.8, 4) is 0 Å². The topological polar surface area (TPSA) is 32.9 Å². The Morgan fingerprint density at radius 3 is 2.85 bits per heavy atom. The van der Waals surface area contributed by atoms with Gasteiger partial charge in [0.2, 0.25) is 0 Å². The number of aldehydes is 1. The van der Waals surface area contributed by atoms with Crippen LogP contribution in [0.15, 0.2) is 18.2 Å². The molecule has 1 aromatic carbocycles. The van der Waals surface area contributed by atoms with Crippen LogP contribution in [-0.4, -0.2) is 11.3 Å². The number of carbonyl (C=O) groups is 1. The van der Waals surface area contributed by atoms with E-state index < -0.39 is 5.82 Å². The molecule has 1 aromatic heterocycles. The van der Waals surface area contributed by atoms with Gasteiger partial charge in [-0.25, -0.2) is 4.39 Å². The standard InChI is InChI=1S/C9H5ClFNO/c10-8-5-2-1-3-6(11)9(5)12-7(8)4-13/h1-4,12H. The van der Waals surface area contributed by atoms with Crippen molar-refractivity contribution in [2.24, 2.45) is 0 Å². The molecule has 13 heavy (non-hydrogen) atoms. The molecule has 4 heteroatoms. The molecule has 0 spiro atoms. The summed E-state index contributed by atoms with van der Waals surface area (Å²) in [6, 6.07) is 4.51. The number of hydrogen-bond acceptors (Lipinski definition) is 1. The predicted octanol–water partition coefficient (Wildman–Crippen LogP) is 2.77. The number of halogens is 2. The minimum absolute atomic E-state index is 0.210. The summed E-state index contributed by atoms with van der Waals surface area (Å²) in [5.41, 5.74) is 0.483. The number of benzene rings is 1. The maximum atomic E-state index is 13.1. The van der Waals surface area contributed by atoms with Gasteiger partial charge in [-0.2, -0.15) is 0 Å². The first kappa shape index (κ1) is 8.26. The number of hydrogen-bond donors (Lipinski definition) is 1. The number of rotatable bonds is 1. The summed E-state index contributed by atoms with van der Waals surface area (Å²) in [5.74, 6) is -0.410. The summed E-state index contributed by atoms with van der Waals surface area (Å²) in [6.45, 7) is 0. The molecule has 0 amide bonds. The lowest BCUT2D eigenvalue weighted by molar-refractivity contribution is 0.112. The molecule has 1 heterocycles. The second kappa shape index (κ2) is 2.85. The third-order valence-electron chi connectivity index (χ3n) is 1.86. The van der Waals surface area contributed by atoms with E-state index in [1.54, 1.807) is 12.1 Å². The Hall–Kier alpha value is -1.35. The number of aromatic nitrogens is 1. The maximum Gasteiger partial charge on any atom is 0.167 e. The molecule has 2 aromatic rings. The first-order valence-electron chi connectivity index (χ1n) is 3.65. The van der Waals surface area contributed by atoms with Gasteiger partial charge in [0.15, 0.2) is 6.29 Å². The highest BCUT2D eigenvalue weighted by atomic mass is 35.5.